The topological polar surface area (TPSA) is 66.4 Å². The van der Waals surface area contributed by atoms with Crippen molar-refractivity contribution in [2.75, 3.05) is 5.32 Å². The Morgan fingerprint density at radius 3 is 2.33 bits per heavy atom. The fraction of sp³-hybridized carbons (Fsp3) is 0. The van der Waals surface area contributed by atoms with Gasteiger partial charge in [0.25, 0.3) is 5.91 Å². The molecule has 0 aliphatic heterocycles. The molecule has 0 spiro atoms. The highest BCUT2D eigenvalue weighted by Crippen LogP contribution is 2.24. The van der Waals surface area contributed by atoms with Crippen LogP contribution in [0.1, 0.15) is 20.7 Å². The van der Waals surface area contributed by atoms with E-state index >= 15 is 0 Å². The minimum absolute atomic E-state index is 0.0705. The number of anilines is 1. The Labute approximate surface area is 162 Å². The molecule has 2 rings (SSSR count). The molecular weight excluding hydrogens is 611 g/mol. The third-order valence-electron chi connectivity index (χ3n) is 2.64. The third kappa shape index (κ3) is 4.06. The molecule has 0 aliphatic carbocycles. The quantitative estimate of drug-likeness (QED) is 0.395. The monoisotopic (exact) mass is 619 g/mol. The van der Waals surface area contributed by atoms with E-state index in [1.54, 1.807) is 24.3 Å². The summed E-state index contributed by atoms with van der Waals surface area (Å²) >= 11 is 6.43. The molecule has 0 saturated heterocycles. The molecule has 1 amide bonds. The number of hydrogen-bond donors (Lipinski definition) is 2. The van der Waals surface area contributed by atoms with Gasteiger partial charge in [-0.25, -0.2) is 4.79 Å². The van der Waals surface area contributed by atoms with Crippen molar-refractivity contribution in [3.8, 4) is 0 Å². The van der Waals surface area contributed by atoms with Gasteiger partial charge < -0.3 is 10.4 Å². The highest BCUT2D eigenvalue weighted by atomic mass is 127. The summed E-state index contributed by atoms with van der Waals surface area (Å²) in [4.78, 5) is 23.6. The predicted molar refractivity (Wildman–Crippen MR) is 106 cm³/mol. The van der Waals surface area contributed by atoms with Crippen molar-refractivity contribution in [1.82, 2.24) is 0 Å². The largest absolute Gasteiger partial charge is 0.478 e. The predicted octanol–water partition coefficient (Wildman–Crippen LogP) is 4.45. The molecule has 0 atom stereocenters. The Morgan fingerprint density at radius 1 is 1.00 bits per heavy atom. The van der Waals surface area contributed by atoms with Crippen LogP contribution in [-0.2, 0) is 0 Å². The summed E-state index contributed by atoms with van der Waals surface area (Å²) in [5.41, 5.74) is 0.896. The summed E-state index contributed by atoms with van der Waals surface area (Å²) in [5, 5.41) is 11.8. The number of rotatable bonds is 3. The number of carboxylic acid groups (broad SMARTS) is 1. The first kappa shape index (κ1) is 16.9. The van der Waals surface area contributed by atoms with E-state index in [2.05, 4.69) is 73.1 Å². The van der Waals surface area contributed by atoms with Crippen molar-refractivity contribution in [2.45, 2.75) is 0 Å². The molecule has 0 radical (unpaired) electrons. The van der Waals surface area contributed by atoms with Crippen LogP contribution in [0, 0.1) is 10.7 Å². The smallest absolute Gasteiger partial charge is 0.337 e. The fourth-order valence-corrected chi connectivity index (χ4v) is 4.09. The van der Waals surface area contributed by atoms with Gasteiger partial charge in [0.2, 0.25) is 0 Å². The van der Waals surface area contributed by atoms with E-state index in [4.69, 9.17) is 5.11 Å². The first-order chi connectivity index (χ1) is 9.90. The number of nitrogens with one attached hydrogen (secondary N) is 1. The van der Waals surface area contributed by atoms with E-state index in [9.17, 15) is 9.59 Å². The van der Waals surface area contributed by atoms with Crippen LogP contribution in [0.2, 0.25) is 0 Å². The molecule has 0 aliphatic rings. The van der Waals surface area contributed by atoms with Gasteiger partial charge in [-0.2, -0.15) is 0 Å². The molecule has 0 unspecified atom stereocenters. The van der Waals surface area contributed by atoms with Gasteiger partial charge in [0.15, 0.2) is 0 Å². The lowest BCUT2D eigenvalue weighted by molar-refractivity contribution is 0.0698. The minimum atomic E-state index is -1.07. The van der Waals surface area contributed by atoms with Gasteiger partial charge in [-0.1, -0.05) is 12.1 Å². The lowest BCUT2D eigenvalue weighted by atomic mass is 10.1. The Morgan fingerprint density at radius 2 is 1.67 bits per heavy atom. The highest BCUT2D eigenvalue weighted by molar-refractivity contribution is 14.1. The molecule has 4 nitrogen and oxygen atoms in total. The van der Waals surface area contributed by atoms with Gasteiger partial charge in [0, 0.05) is 10.7 Å². The van der Waals surface area contributed by atoms with Gasteiger partial charge >= 0.3 is 5.97 Å². The SMILES string of the molecule is O=C(O)c1ccccc1NC(=O)c1cc(I)cc(I)c1I. The molecule has 0 bridgehead atoms. The number of aromatic carboxylic acids is 1. The van der Waals surface area contributed by atoms with Gasteiger partial charge in [0.05, 0.1) is 16.8 Å². The zero-order valence-electron chi connectivity index (χ0n) is 10.4. The zero-order valence-corrected chi connectivity index (χ0v) is 16.8. The summed E-state index contributed by atoms with van der Waals surface area (Å²) in [6.07, 6.45) is 0. The number of carboxylic acids is 1. The van der Waals surface area contributed by atoms with Crippen LogP contribution in [0.4, 0.5) is 5.69 Å². The van der Waals surface area contributed by atoms with Crippen LogP contribution in [0.5, 0.6) is 0 Å². The molecule has 7 heteroatoms. The Kier molecular flexibility index (Phi) is 5.82. The van der Waals surface area contributed by atoms with E-state index in [0.29, 0.717) is 11.3 Å². The summed E-state index contributed by atoms with van der Waals surface area (Å²) in [5.74, 6) is -1.39. The number of halogens is 3. The second kappa shape index (κ2) is 7.22. The van der Waals surface area contributed by atoms with Crippen LogP contribution in [0.3, 0.4) is 0 Å². The normalized spacial score (nSPS) is 10.2. The Bertz CT molecular complexity index is 731. The summed E-state index contributed by atoms with van der Waals surface area (Å²) in [6, 6.07) is 10.1. The van der Waals surface area contributed by atoms with Gasteiger partial charge in [0.1, 0.15) is 0 Å². The van der Waals surface area contributed by atoms with Crippen LogP contribution in [0.15, 0.2) is 36.4 Å². The van der Waals surface area contributed by atoms with E-state index in [-0.39, 0.29) is 11.5 Å². The van der Waals surface area contributed by atoms with E-state index in [1.165, 1.54) is 6.07 Å². The number of hydrogen-bond acceptors (Lipinski definition) is 2. The number of carbonyl (C=O) groups is 2. The maximum atomic E-state index is 12.4. The van der Waals surface area contributed by atoms with Gasteiger partial charge in [-0.3, -0.25) is 4.79 Å². The van der Waals surface area contributed by atoms with E-state index < -0.39 is 5.97 Å². The third-order valence-corrected chi connectivity index (χ3v) is 6.31. The molecule has 2 N–H and O–H groups in total. The second-order valence-electron chi connectivity index (χ2n) is 4.05. The average Bonchev–Trinajstić information content (AvgIpc) is 2.43. The minimum Gasteiger partial charge on any atom is -0.478 e. The molecule has 21 heavy (non-hydrogen) atoms. The zero-order chi connectivity index (χ0) is 15.6. The first-order valence-electron chi connectivity index (χ1n) is 5.68. The van der Waals surface area contributed by atoms with Crippen LogP contribution >= 0.6 is 67.8 Å². The molecule has 0 aromatic heterocycles. The van der Waals surface area contributed by atoms with E-state index in [0.717, 1.165) is 10.7 Å². The lowest BCUT2D eigenvalue weighted by Gasteiger charge is -2.11. The molecule has 0 heterocycles. The van der Waals surface area contributed by atoms with Crippen molar-refractivity contribution in [3.05, 3.63) is 58.2 Å². The van der Waals surface area contributed by atoms with E-state index in [1.807, 2.05) is 6.07 Å². The van der Waals surface area contributed by atoms with Crippen LogP contribution < -0.4 is 5.32 Å². The summed E-state index contributed by atoms with van der Waals surface area (Å²) in [7, 11) is 0. The average molecular weight is 619 g/mol. The van der Waals surface area contributed by atoms with Crippen LogP contribution in [0.25, 0.3) is 0 Å². The summed E-state index contributed by atoms with van der Waals surface area (Å²) < 4.78 is 2.78. The highest BCUT2D eigenvalue weighted by Gasteiger charge is 2.16. The molecular formula is C14H8I3NO3. The first-order valence-corrected chi connectivity index (χ1v) is 8.92. The summed E-state index contributed by atoms with van der Waals surface area (Å²) in [6.45, 7) is 0. The second-order valence-corrected chi connectivity index (χ2v) is 7.54. The number of para-hydroxylation sites is 1. The molecule has 0 fully saturated rings. The Balaban J connectivity index is 2.38. The van der Waals surface area contributed by atoms with Crippen molar-refractivity contribution < 1.29 is 14.7 Å². The maximum Gasteiger partial charge on any atom is 0.337 e. The molecule has 2 aromatic rings. The van der Waals surface area contributed by atoms with Gasteiger partial charge in [-0.15, -0.1) is 0 Å². The number of carbonyl (C=O) groups excluding carboxylic acids is 1. The molecule has 0 saturated carbocycles. The van der Waals surface area contributed by atoms with Gasteiger partial charge in [-0.05, 0) is 92.0 Å². The van der Waals surface area contributed by atoms with Crippen molar-refractivity contribution >= 4 is 85.3 Å². The van der Waals surface area contributed by atoms with Crippen molar-refractivity contribution in [3.63, 3.8) is 0 Å². The van der Waals surface area contributed by atoms with Crippen molar-refractivity contribution in [2.24, 2.45) is 0 Å². The number of benzene rings is 2. The van der Waals surface area contributed by atoms with Crippen LogP contribution in [-0.4, -0.2) is 17.0 Å². The van der Waals surface area contributed by atoms with Crippen molar-refractivity contribution in [1.29, 1.82) is 0 Å². The lowest BCUT2D eigenvalue weighted by Crippen LogP contribution is -2.16. The molecule has 2 aromatic carbocycles. The Hall–Kier alpha value is -0.430. The molecule has 108 valence electrons. The fourth-order valence-electron chi connectivity index (χ4n) is 1.69. The standard InChI is InChI=1S/C14H8I3NO3/c15-7-5-9(12(17)10(16)6-7)13(19)18-11-4-2-1-3-8(11)14(20)21/h1-6H,(H,18,19)(H,20,21). The maximum absolute atomic E-state index is 12.4. The number of amides is 1.